The minimum Gasteiger partial charge on any atom is -0.382 e. The topological polar surface area (TPSA) is 69.2 Å². The van der Waals surface area contributed by atoms with Crippen molar-refractivity contribution in [3.8, 4) is 0 Å². The van der Waals surface area contributed by atoms with Crippen LogP contribution in [0.1, 0.15) is 37.8 Å². The number of piperidine rings is 2. The zero-order valence-electron chi connectivity index (χ0n) is 12.6. The van der Waals surface area contributed by atoms with Crippen LogP contribution in [0.2, 0.25) is 0 Å². The van der Waals surface area contributed by atoms with Crippen LogP contribution in [-0.2, 0) is 0 Å². The molecular formula is C16H25N5. The molecule has 0 saturated carbocycles. The molecule has 2 saturated heterocycles. The molecule has 0 unspecified atom stereocenters. The number of likely N-dealkylation sites (tertiary alicyclic amines) is 1. The summed E-state index contributed by atoms with van der Waals surface area (Å²) in [5.41, 5.74) is 7.15. The third-order valence-electron chi connectivity index (χ3n) is 4.76. The van der Waals surface area contributed by atoms with E-state index in [1.807, 2.05) is 18.3 Å². The Bertz CT molecular complexity index is 470. The lowest BCUT2D eigenvalue weighted by molar-refractivity contribution is 0.141. The van der Waals surface area contributed by atoms with E-state index in [2.05, 4.69) is 14.8 Å². The van der Waals surface area contributed by atoms with Gasteiger partial charge in [-0.2, -0.15) is 0 Å². The maximum Gasteiger partial charge on any atom is 0.141 e. The van der Waals surface area contributed by atoms with E-state index in [4.69, 9.17) is 11.1 Å². The van der Waals surface area contributed by atoms with E-state index in [1.165, 1.54) is 45.2 Å². The number of aromatic nitrogens is 1. The van der Waals surface area contributed by atoms with Gasteiger partial charge in [0.15, 0.2) is 0 Å². The SMILES string of the molecule is N=C(N)c1ccc(N2CCC(N3CCCCC3)CC2)cn1. The zero-order valence-corrected chi connectivity index (χ0v) is 12.6. The highest BCUT2D eigenvalue weighted by Crippen LogP contribution is 2.24. The average molecular weight is 287 g/mol. The van der Waals surface area contributed by atoms with Gasteiger partial charge in [-0.1, -0.05) is 6.42 Å². The smallest absolute Gasteiger partial charge is 0.141 e. The van der Waals surface area contributed by atoms with Crippen LogP contribution in [0, 0.1) is 5.41 Å². The maximum absolute atomic E-state index is 7.39. The molecule has 1 aromatic heterocycles. The third-order valence-corrected chi connectivity index (χ3v) is 4.76. The maximum atomic E-state index is 7.39. The second-order valence-corrected chi connectivity index (χ2v) is 6.13. The first-order valence-corrected chi connectivity index (χ1v) is 8.03. The fourth-order valence-corrected chi connectivity index (χ4v) is 3.51. The van der Waals surface area contributed by atoms with Crippen molar-refractivity contribution < 1.29 is 0 Å². The molecule has 1 aromatic rings. The molecule has 5 heteroatoms. The zero-order chi connectivity index (χ0) is 14.7. The van der Waals surface area contributed by atoms with E-state index in [0.29, 0.717) is 5.69 Å². The summed E-state index contributed by atoms with van der Waals surface area (Å²) in [6.07, 6.45) is 8.48. The first-order valence-electron chi connectivity index (χ1n) is 8.03. The number of nitrogens with zero attached hydrogens (tertiary/aromatic N) is 3. The van der Waals surface area contributed by atoms with E-state index in [-0.39, 0.29) is 5.84 Å². The summed E-state index contributed by atoms with van der Waals surface area (Å²) < 4.78 is 0. The van der Waals surface area contributed by atoms with Crippen molar-refractivity contribution in [2.45, 2.75) is 38.1 Å². The summed E-state index contributed by atoms with van der Waals surface area (Å²) in [5, 5.41) is 7.39. The molecule has 0 aromatic carbocycles. The first-order chi connectivity index (χ1) is 10.2. The number of amidine groups is 1. The highest BCUT2D eigenvalue weighted by molar-refractivity contribution is 5.93. The lowest BCUT2D eigenvalue weighted by Gasteiger charge is -2.40. The molecule has 0 atom stereocenters. The Labute approximate surface area is 126 Å². The minimum atomic E-state index is 0.0327. The van der Waals surface area contributed by atoms with Gasteiger partial charge in [-0.25, -0.2) is 0 Å². The quantitative estimate of drug-likeness (QED) is 0.657. The van der Waals surface area contributed by atoms with Crippen LogP contribution >= 0.6 is 0 Å². The number of pyridine rings is 1. The van der Waals surface area contributed by atoms with Crippen LogP contribution in [0.5, 0.6) is 0 Å². The molecule has 0 radical (unpaired) electrons. The summed E-state index contributed by atoms with van der Waals surface area (Å²) in [6.45, 7) is 4.78. The normalized spacial score (nSPS) is 21.4. The van der Waals surface area contributed by atoms with Crippen LogP contribution in [-0.4, -0.2) is 47.9 Å². The van der Waals surface area contributed by atoms with Crippen molar-refractivity contribution in [1.82, 2.24) is 9.88 Å². The van der Waals surface area contributed by atoms with Gasteiger partial charge in [0.1, 0.15) is 11.5 Å². The Kier molecular flexibility index (Phi) is 4.39. The van der Waals surface area contributed by atoms with Crippen LogP contribution < -0.4 is 10.6 Å². The largest absolute Gasteiger partial charge is 0.382 e. The van der Waals surface area contributed by atoms with Gasteiger partial charge >= 0.3 is 0 Å². The lowest BCUT2D eigenvalue weighted by atomic mass is 9.99. The Morgan fingerprint density at radius 2 is 1.81 bits per heavy atom. The molecule has 5 nitrogen and oxygen atoms in total. The molecule has 3 rings (SSSR count). The predicted molar refractivity (Wildman–Crippen MR) is 85.9 cm³/mol. The molecule has 3 heterocycles. The van der Waals surface area contributed by atoms with E-state index in [9.17, 15) is 0 Å². The number of hydrogen-bond donors (Lipinski definition) is 2. The Morgan fingerprint density at radius 3 is 2.38 bits per heavy atom. The van der Waals surface area contributed by atoms with Crippen LogP contribution in [0.3, 0.4) is 0 Å². The Balaban J connectivity index is 1.56. The van der Waals surface area contributed by atoms with Gasteiger partial charge < -0.3 is 15.5 Å². The minimum absolute atomic E-state index is 0.0327. The molecule has 114 valence electrons. The molecule has 0 bridgehead atoms. The fourth-order valence-electron chi connectivity index (χ4n) is 3.51. The van der Waals surface area contributed by atoms with Gasteiger partial charge in [-0.15, -0.1) is 0 Å². The highest BCUT2D eigenvalue weighted by atomic mass is 15.2. The van der Waals surface area contributed by atoms with Crippen molar-refractivity contribution in [2.75, 3.05) is 31.1 Å². The number of nitrogens with one attached hydrogen (secondary N) is 1. The fraction of sp³-hybridized carbons (Fsp3) is 0.625. The van der Waals surface area contributed by atoms with Crippen molar-refractivity contribution >= 4 is 11.5 Å². The van der Waals surface area contributed by atoms with Crippen molar-refractivity contribution in [1.29, 1.82) is 5.41 Å². The Morgan fingerprint density at radius 1 is 1.10 bits per heavy atom. The summed E-state index contributed by atoms with van der Waals surface area (Å²) in [6, 6.07) is 4.64. The van der Waals surface area contributed by atoms with E-state index in [0.717, 1.165) is 24.8 Å². The number of hydrogen-bond acceptors (Lipinski definition) is 4. The molecular weight excluding hydrogens is 262 g/mol. The first kappa shape index (κ1) is 14.3. The number of nitrogen functional groups attached to an aromatic ring is 1. The van der Waals surface area contributed by atoms with E-state index < -0.39 is 0 Å². The number of rotatable bonds is 3. The van der Waals surface area contributed by atoms with Crippen molar-refractivity contribution in [3.63, 3.8) is 0 Å². The number of anilines is 1. The monoisotopic (exact) mass is 287 g/mol. The molecule has 2 fully saturated rings. The third kappa shape index (κ3) is 3.35. The average Bonchev–Trinajstić information content (AvgIpc) is 2.56. The predicted octanol–water partition coefficient (Wildman–Crippen LogP) is 1.82. The lowest BCUT2D eigenvalue weighted by Crippen LogP contribution is -2.46. The van der Waals surface area contributed by atoms with Gasteiger partial charge in [0.25, 0.3) is 0 Å². The van der Waals surface area contributed by atoms with Gasteiger partial charge in [0.2, 0.25) is 0 Å². The highest BCUT2D eigenvalue weighted by Gasteiger charge is 2.25. The van der Waals surface area contributed by atoms with E-state index in [1.54, 1.807) is 0 Å². The Hall–Kier alpha value is -1.62. The summed E-state index contributed by atoms with van der Waals surface area (Å²) in [7, 11) is 0. The standard InChI is InChI=1S/C16H25N5/c17-16(18)15-5-4-14(12-19-15)21-10-6-13(7-11-21)20-8-2-1-3-9-20/h4-5,12-13H,1-3,6-11H2,(H3,17,18). The second-order valence-electron chi connectivity index (χ2n) is 6.13. The van der Waals surface area contributed by atoms with Crippen molar-refractivity contribution in [3.05, 3.63) is 24.0 Å². The van der Waals surface area contributed by atoms with Gasteiger partial charge in [0, 0.05) is 19.1 Å². The van der Waals surface area contributed by atoms with Gasteiger partial charge in [-0.05, 0) is 50.9 Å². The van der Waals surface area contributed by atoms with Gasteiger partial charge in [-0.3, -0.25) is 10.4 Å². The molecule has 2 aliphatic rings. The number of nitrogens with two attached hydrogens (primary N) is 1. The second kappa shape index (κ2) is 6.43. The summed E-state index contributed by atoms with van der Waals surface area (Å²) >= 11 is 0. The molecule has 3 N–H and O–H groups in total. The summed E-state index contributed by atoms with van der Waals surface area (Å²) in [4.78, 5) is 9.35. The van der Waals surface area contributed by atoms with Crippen molar-refractivity contribution in [2.24, 2.45) is 5.73 Å². The molecule has 0 spiro atoms. The molecule has 2 aliphatic heterocycles. The van der Waals surface area contributed by atoms with Crippen LogP contribution in [0.25, 0.3) is 0 Å². The molecule has 0 amide bonds. The molecule has 0 aliphatic carbocycles. The molecule has 21 heavy (non-hydrogen) atoms. The van der Waals surface area contributed by atoms with Crippen LogP contribution in [0.4, 0.5) is 5.69 Å². The van der Waals surface area contributed by atoms with Gasteiger partial charge in [0.05, 0.1) is 11.9 Å². The van der Waals surface area contributed by atoms with Crippen LogP contribution in [0.15, 0.2) is 18.3 Å². The van der Waals surface area contributed by atoms with E-state index >= 15 is 0 Å². The summed E-state index contributed by atoms with van der Waals surface area (Å²) in [5.74, 6) is 0.0327.